The minimum absolute atomic E-state index is 0.139. The maximum absolute atomic E-state index is 5.56. The van der Waals surface area contributed by atoms with Gasteiger partial charge >= 0.3 is 0 Å². The van der Waals surface area contributed by atoms with E-state index in [-0.39, 0.29) is 5.60 Å². The summed E-state index contributed by atoms with van der Waals surface area (Å²) in [5.41, 5.74) is 1.49. The van der Waals surface area contributed by atoms with E-state index in [4.69, 9.17) is 9.47 Å². The number of methoxy groups -OCH3 is 1. The van der Waals surface area contributed by atoms with Gasteiger partial charge in [-0.15, -0.1) is 0 Å². The molecule has 0 N–H and O–H groups in total. The minimum Gasteiger partial charge on any atom is -0.497 e. The van der Waals surface area contributed by atoms with Gasteiger partial charge < -0.3 is 9.47 Å². The van der Waals surface area contributed by atoms with E-state index >= 15 is 0 Å². The standard InChI is InChI=1S/C13H18O2/c1-13(9-10-15-13)8-7-11-3-5-12(14-2)6-4-11/h3-6H,7-10H2,1-2H3. The molecule has 1 aliphatic heterocycles. The fraction of sp³-hybridized carbons (Fsp3) is 0.538. The van der Waals surface area contributed by atoms with Gasteiger partial charge in [-0.3, -0.25) is 0 Å². The Kier molecular flexibility index (Phi) is 2.96. The van der Waals surface area contributed by atoms with Gasteiger partial charge in [-0.05, 0) is 43.9 Å². The molecule has 0 aliphatic carbocycles. The zero-order valence-corrected chi connectivity index (χ0v) is 9.45. The third kappa shape index (κ3) is 2.51. The second kappa shape index (κ2) is 4.23. The number of hydrogen-bond donors (Lipinski definition) is 0. The second-order valence-corrected chi connectivity index (χ2v) is 4.40. The molecular formula is C13H18O2. The molecule has 1 heterocycles. The van der Waals surface area contributed by atoms with Crippen LogP contribution in [0.4, 0.5) is 0 Å². The Morgan fingerprint density at radius 2 is 2.00 bits per heavy atom. The third-order valence-electron chi connectivity index (χ3n) is 3.18. The van der Waals surface area contributed by atoms with Crippen LogP contribution in [0.2, 0.25) is 0 Å². The lowest BCUT2D eigenvalue weighted by Crippen LogP contribution is -2.40. The molecule has 0 radical (unpaired) electrons. The molecular weight excluding hydrogens is 188 g/mol. The van der Waals surface area contributed by atoms with Gasteiger partial charge in [0.15, 0.2) is 0 Å². The van der Waals surface area contributed by atoms with Gasteiger partial charge in [-0.25, -0.2) is 0 Å². The lowest BCUT2D eigenvalue weighted by atomic mass is 9.90. The second-order valence-electron chi connectivity index (χ2n) is 4.40. The van der Waals surface area contributed by atoms with Gasteiger partial charge in [0.1, 0.15) is 5.75 Å². The first-order chi connectivity index (χ1) is 7.22. The third-order valence-corrected chi connectivity index (χ3v) is 3.18. The maximum Gasteiger partial charge on any atom is 0.118 e. The number of hydrogen-bond acceptors (Lipinski definition) is 2. The van der Waals surface area contributed by atoms with Crippen LogP contribution in [-0.2, 0) is 11.2 Å². The molecule has 2 heteroatoms. The number of benzene rings is 1. The highest BCUT2D eigenvalue weighted by molar-refractivity contribution is 5.27. The molecule has 1 aromatic rings. The molecule has 0 spiro atoms. The molecule has 82 valence electrons. The van der Waals surface area contributed by atoms with Crippen molar-refractivity contribution in [3.63, 3.8) is 0 Å². The van der Waals surface area contributed by atoms with Crippen molar-refractivity contribution in [2.24, 2.45) is 0 Å². The molecule has 15 heavy (non-hydrogen) atoms. The first-order valence-corrected chi connectivity index (χ1v) is 5.49. The monoisotopic (exact) mass is 206 g/mol. The first kappa shape index (κ1) is 10.5. The Hall–Kier alpha value is -1.02. The van der Waals surface area contributed by atoms with Gasteiger partial charge in [0.2, 0.25) is 0 Å². The van der Waals surface area contributed by atoms with E-state index in [0.717, 1.165) is 25.2 Å². The Balaban J connectivity index is 1.87. The summed E-state index contributed by atoms with van der Waals surface area (Å²) >= 11 is 0. The SMILES string of the molecule is COc1ccc(CCC2(C)CCO2)cc1. The largest absolute Gasteiger partial charge is 0.497 e. The summed E-state index contributed by atoms with van der Waals surface area (Å²) in [5, 5.41) is 0. The van der Waals surface area contributed by atoms with Crippen molar-refractivity contribution in [2.75, 3.05) is 13.7 Å². The van der Waals surface area contributed by atoms with Crippen LogP contribution in [0.5, 0.6) is 5.75 Å². The molecule has 1 unspecified atom stereocenters. The van der Waals surface area contributed by atoms with Gasteiger partial charge in [-0.2, -0.15) is 0 Å². The van der Waals surface area contributed by atoms with E-state index in [1.807, 2.05) is 12.1 Å². The predicted octanol–water partition coefficient (Wildman–Crippen LogP) is 2.81. The van der Waals surface area contributed by atoms with Crippen molar-refractivity contribution >= 4 is 0 Å². The lowest BCUT2D eigenvalue weighted by Gasteiger charge is -2.38. The summed E-state index contributed by atoms with van der Waals surface area (Å²) in [6, 6.07) is 8.28. The van der Waals surface area contributed by atoms with Crippen LogP contribution in [-0.4, -0.2) is 19.3 Å². The highest BCUT2D eigenvalue weighted by atomic mass is 16.5. The van der Waals surface area contributed by atoms with Crippen LogP contribution in [0, 0.1) is 0 Å². The molecule has 1 aliphatic rings. The number of aryl methyl sites for hydroxylation is 1. The van der Waals surface area contributed by atoms with Crippen LogP contribution in [0.15, 0.2) is 24.3 Å². The summed E-state index contributed by atoms with van der Waals surface area (Å²) in [7, 11) is 1.69. The maximum atomic E-state index is 5.56. The Morgan fingerprint density at radius 3 is 2.47 bits per heavy atom. The quantitative estimate of drug-likeness (QED) is 0.754. The summed E-state index contributed by atoms with van der Waals surface area (Å²) in [6.07, 6.45) is 3.39. The van der Waals surface area contributed by atoms with Gasteiger partial charge in [-0.1, -0.05) is 12.1 Å². The van der Waals surface area contributed by atoms with Crippen LogP contribution in [0.3, 0.4) is 0 Å². The molecule has 1 fully saturated rings. The Morgan fingerprint density at radius 1 is 1.33 bits per heavy atom. The highest BCUT2D eigenvalue weighted by Crippen LogP contribution is 2.30. The fourth-order valence-electron chi connectivity index (χ4n) is 1.85. The van der Waals surface area contributed by atoms with Gasteiger partial charge in [0, 0.05) is 0 Å². The Bertz CT molecular complexity index is 312. The van der Waals surface area contributed by atoms with Crippen LogP contribution in [0.1, 0.15) is 25.3 Å². The minimum atomic E-state index is 0.139. The molecule has 0 saturated carbocycles. The van der Waals surface area contributed by atoms with Crippen molar-refractivity contribution in [3.8, 4) is 5.75 Å². The molecule has 0 aromatic heterocycles. The van der Waals surface area contributed by atoms with Crippen LogP contribution < -0.4 is 4.74 Å². The van der Waals surface area contributed by atoms with Crippen molar-refractivity contribution in [1.82, 2.24) is 0 Å². The zero-order valence-electron chi connectivity index (χ0n) is 9.45. The van der Waals surface area contributed by atoms with E-state index in [2.05, 4.69) is 19.1 Å². The number of rotatable bonds is 4. The summed E-state index contributed by atoms with van der Waals surface area (Å²) in [5.74, 6) is 0.921. The summed E-state index contributed by atoms with van der Waals surface area (Å²) in [6.45, 7) is 3.12. The first-order valence-electron chi connectivity index (χ1n) is 5.49. The van der Waals surface area contributed by atoms with E-state index in [0.29, 0.717) is 0 Å². The molecule has 2 rings (SSSR count). The molecule has 2 nitrogen and oxygen atoms in total. The van der Waals surface area contributed by atoms with Crippen LogP contribution in [0.25, 0.3) is 0 Å². The molecule has 0 bridgehead atoms. The summed E-state index contributed by atoms with van der Waals surface area (Å²) in [4.78, 5) is 0. The fourth-order valence-corrected chi connectivity index (χ4v) is 1.85. The number of ether oxygens (including phenoxy) is 2. The zero-order chi connectivity index (χ0) is 10.7. The highest BCUT2D eigenvalue weighted by Gasteiger charge is 2.32. The molecule has 1 saturated heterocycles. The van der Waals surface area contributed by atoms with E-state index < -0.39 is 0 Å². The van der Waals surface area contributed by atoms with Crippen molar-refractivity contribution < 1.29 is 9.47 Å². The van der Waals surface area contributed by atoms with Crippen molar-refractivity contribution in [2.45, 2.75) is 31.8 Å². The van der Waals surface area contributed by atoms with Gasteiger partial charge in [0.25, 0.3) is 0 Å². The normalized spacial score (nSPS) is 24.7. The molecule has 1 atom stereocenters. The topological polar surface area (TPSA) is 18.5 Å². The van der Waals surface area contributed by atoms with Crippen LogP contribution >= 0.6 is 0 Å². The lowest BCUT2D eigenvalue weighted by molar-refractivity contribution is -0.137. The smallest absolute Gasteiger partial charge is 0.118 e. The average molecular weight is 206 g/mol. The molecule has 1 aromatic carbocycles. The van der Waals surface area contributed by atoms with Crippen molar-refractivity contribution in [3.05, 3.63) is 29.8 Å². The predicted molar refractivity (Wildman–Crippen MR) is 60.3 cm³/mol. The summed E-state index contributed by atoms with van der Waals surface area (Å²) < 4.78 is 10.7. The van der Waals surface area contributed by atoms with E-state index in [9.17, 15) is 0 Å². The van der Waals surface area contributed by atoms with E-state index in [1.165, 1.54) is 12.0 Å². The molecule has 0 amide bonds. The van der Waals surface area contributed by atoms with Crippen molar-refractivity contribution in [1.29, 1.82) is 0 Å². The van der Waals surface area contributed by atoms with E-state index in [1.54, 1.807) is 7.11 Å². The average Bonchev–Trinajstić information content (AvgIpc) is 2.24. The Labute approximate surface area is 91.2 Å². The van der Waals surface area contributed by atoms with Gasteiger partial charge in [0.05, 0.1) is 19.3 Å².